The SMILES string of the molecule is C#CC1CC(C)CC(=O)O1. The van der Waals surface area contributed by atoms with Gasteiger partial charge in [-0.15, -0.1) is 6.42 Å². The van der Waals surface area contributed by atoms with Crippen molar-refractivity contribution < 1.29 is 9.53 Å². The molecular formula is C8H10O2. The Balaban J connectivity index is 2.52. The van der Waals surface area contributed by atoms with Crippen LogP contribution in [0.15, 0.2) is 0 Å². The van der Waals surface area contributed by atoms with E-state index in [-0.39, 0.29) is 12.1 Å². The van der Waals surface area contributed by atoms with Crippen molar-refractivity contribution >= 4 is 5.97 Å². The molecule has 0 radical (unpaired) electrons. The van der Waals surface area contributed by atoms with Gasteiger partial charge in [0.25, 0.3) is 0 Å². The maximum absolute atomic E-state index is 10.7. The lowest BCUT2D eigenvalue weighted by Gasteiger charge is -2.22. The summed E-state index contributed by atoms with van der Waals surface area (Å²) in [6.07, 6.45) is 6.14. The first-order valence-electron chi connectivity index (χ1n) is 3.38. The van der Waals surface area contributed by atoms with Crippen molar-refractivity contribution in [2.24, 2.45) is 5.92 Å². The predicted octanol–water partition coefficient (Wildman–Crippen LogP) is 0.961. The Morgan fingerprint density at radius 2 is 2.50 bits per heavy atom. The number of carbonyl (C=O) groups excluding carboxylic acids is 1. The lowest BCUT2D eigenvalue weighted by atomic mass is 9.98. The van der Waals surface area contributed by atoms with Crippen LogP contribution in [0, 0.1) is 18.3 Å². The maximum atomic E-state index is 10.7. The highest BCUT2D eigenvalue weighted by molar-refractivity contribution is 5.70. The van der Waals surface area contributed by atoms with Crippen LogP contribution in [-0.2, 0) is 9.53 Å². The molecule has 10 heavy (non-hydrogen) atoms. The smallest absolute Gasteiger partial charge is 0.307 e. The molecule has 0 amide bonds. The van der Waals surface area contributed by atoms with Gasteiger partial charge in [-0.2, -0.15) is 0 Å². The molecule has 0 aromatic rings. The molecule has 1 aliphatic rings. The standard InChI is InChI=1S/C8H10O2/c1-3-7-4-6(2)5-8(9)10-7/h1,6-7H,4-5H2,2H3. The number of hydrogen-bond donors (Lipinski definition) is 0. The molecule has 1 rings (SSSR count). The molecule has 2 unspecified atom stereocenters. The van der Waals surface area contributed by atoms with E-state index < -0.39 is 0 Å². The van der Waals surface area contributed by atoms with E-state index in [4.69, 9.17) is 11.2 Å². The third-order valence-corrected chi connectivity index (χ3v) is 1.59. The molecule has 0 N–H and O–H groups in total. The van der Waals surface area contributed by atoms with E-state index in [1.165, 1.54) is 0 Å². The van der Waals surface area contributed by atoms with Crippen LogP contribution in [0.2, 0.25) is 0 Å². The van der Waals surface area contributed by atoms with Crippen LogP contribution in [0.3, 0.4) is 0 Å². The van der Waals surface area contributed by atoms with Crippen molar-refractivity contribution in [2.75, 3.05) is 0 Å². The molecule has 2 atom stereocenters. The summed E-state index contributed by atoms with van der Waals surface area (Å²) < 4.78 is 4.83. The Bertz CT molecular complexity index is 178. The molecule has 1 saturated heterocycles. The first-order chi connectivity index (χ1) is 4.72. The van der Waals surface area contributed by atoms with E-state index in [0.717, 1.165) is 6.42 Å². The average molecular weight is 138 g/mol. The van der Waals surface area contributed by atoms with E-state index in [2.05, 4.69) is 5.92 Å². The van der Waals surface area contributed by atoms with Gasteiger partial charge in [-0.1, -0.05) is 12.8 Å². The maximum Gasteiger partial charge on any atom is 0.307 e. The van der Waals surface area contributed by atoms with Crippen molar-refractivity contribution in [2.45, 2.75) is 25.9 Å². The molecule has 1 aliphatic heterocycles. The summed E-state index contributed by atoms with van der Waals surface area (Å²) in [6, 6.07) is 0. The first kappa shape index (κ1) is 7.14. The number of carbonyl (C=O) groups is 1. The Kier molecular flexibility index (Phi) is 1.96. The van der Waals surface area contributed by atoms with Gasteiger partial charge in [0.05, 0.1) is 0 Å². The summed E-state index contributed by atoms with van der Waals surface area (Å²) in [6.45, 7) is 2.00. The van der Waals surface area contributed by atoms with Crippen molar-refractivity contribution in [3.8, 4) is 12.3 Å². The van der Waals surface area contributed by atoms with Gasteiger partial charge < -0.3 is 4.74 Å². The fraction of sp³-hybridized carbons (Fsp3) is 0.625. The monoisotopic (exact) mass is 138 g/mol. The quantitative estimate of drug-likeness (QED) is 0.368. The highest BCUT2D eigenvalue weighted by atomic mass is 16.5. The van der Waals surface area contributed by atoms with Crippen molar-refractivity contribution in [1.29, 1.82) is 0 Å². The van der Waals surface area contributed by atoms with Crippen LogP contribution in [0.5, 0.6) is 0 Å². The van der Waals surface area contributed by atoms with Crippen LogP contribution >= 0.6 is 0 Å². The topological polar surface area (TPSA) is 26.3 Å². The highest BCUT2D eigenvalue weighted by Crippen LogP contribution is 2.19. The second-order valence-electron chi connectivity index (χ2n) is 2.69. The normalized spacial score (nSPS) is 32.6. The van der Waals surface area contributed by atoms with Gasteiger partial charge in [0.15, 0.2) is 6.10 Å². The van der Waals surface area contributed by atoms with E-state index in [0.29, 0.717) is 12.3 Å². The highest BCUT2D eigenvalue weighted by Gasteiger charge is 2.23. The zero-order valence-corrected chi connectivity index (χ0v) is 5.96. The summed E-state index contributed by atoms with van der Waals surface area (Å²) in [7, 11) is 0. The molecule has 0 aliphatic carbocycles. The van der Waals surface area contributed by atoms with E-state index >= 15 is 0 Å². The molecule has 1 heterocycles. The third-order valence-electron chi connectivity index (χ3n) is 1.59. The fourth-order valence-corrected chi connectivity index (χ4v) is 1.09. The van der Waals surface area contributed by atoms with Gasteiger partial charge in [0.2, 0.25) is 0 Å². The van der Waals surface area contributed by atoms with Crippen molar-refractivity contribution in [3.63, 3.8) is 0 Å². The summed E-state index contributed by atoms with van der Waals surface area (Å²) in [5.74, 6) is 2.63. The number of rotatable bonds is 0. The predicted molar refractivity (Wildman–Crippen MR) is 37.1 cm³/mol. The zero-order chi connectivity index (χ0) is 7.56. The summed E-state index contributed by atoms with van der Waals surface area (Å²) in [5, 5.41) is 0. The minimum atomic E-state index is -0.281. The van der Waals surface area contributed by atoms with Crippen LogP contribution < -0.4 is 0 Å². The van der Waals surface area contributed by atoms with Gasteiger partial charge in [-0.05, 0) is 12.3 Å². The Hall–Kier alpha value is -0.970. The molecule has 2 nitrogen and oxygen atoms in total. The third kappa shape index (κ3) is 1.51. The van der Waals surface area contributed by atoms with Crippen LogP contribution in [-0.4, -0.2) is 12.1 Å². The van der Waals surface area contributed by atoms with Crippen molar-refractivity contribution in [3.05, 3.63) is 0 Å². The average Bonchev–Trinajstić information content (AvgIpc) is 1.85. The zero-order valence-electron chi connectivity index (χ0n) is 5.96. The second kappa shape index (κ2) is 2.74. The summed E-state index contributed by atoms with van der Waals surface area (Å²) in [5.41, 5.74) is 0. The van der Waals surface area contributed by atoms with Gasteiger partial charge >= 0.3 is 5.97 Å². The summed E-state index contributed by atoms with van der Waals surface area (Å²) in [4.78, 5) is 10.7. The lowest BCUT2D eigenvalue weighted by Crippen LogP contribution is -2.26. The molecule has 2 heteroatoms. The number of ether oxygens (including phenoxy) is 1. The van der Waals surface area contributed by atoms with Crippen LogP contribution in [0.4, 0.5) is 0 Å². The molecule has 1 fully saturated rings. The van der Waals surface area contributed by atoms with Gasteiger partial charge in [0.1, 0.15) is 0 Å². The number of cyclic esters (lactones) is 1. The molecule has 0 aromatic carbocycles. The van der Waals surface area contributed by atoms with Gasteiger partial charge in [0, 0.05) is 6.42 Å². The first-order valence-corrected chi connectivity index (χ1v) is 3.38. The van der Waals surface area contributed by atoms with E-state index in [1.807, 2.05) is 6.92 Å². The summed E-state index contributed by atoms with van der Waals surface area (Å²) >= 11 is 0. The molecular weight excluding hydrogens is 128 g/mol. The lowest BCUT2D eigenvalue weighted by molar-refractivity contribution is -0.152. The van der Waals surface area contributed by atoms with Gasteiger partial charge in [-0.25, -0.2) is 0 Å². The van der Waals surface area contributed by atoms with Crippen molar-refractivity contribution in [1.82, 2.24) is 0 Å². The van der Waals surface area contributed by atoms with E-state index in [1.54, 1.807) is 0 Å². The van der Waals surface area contributed by atoms with E-state index in [9.17, 15) is 4.79 Å². The number of esters is 1. The molecule has 54 valence electrons. The molecule has 0 bridgehead atoms. The molecule has 0 saturated carbocycles. The fourth-order valence-electron chi connectivity index (χ4n) is 1.09. The number of hydrogen-bond acceptors (Lipinski definition) is 2. The van der Waals surface area contributed by atoms with Crippen LogP contribution in [0.25, 0.3) is 0 Å². The minimum absolute atomic E-state index is 0.165. The minimum Gasteiger partial charge on any atom is -0.449 e. The molecule has 0 spiro atoms. The molecule has 0 aromatic heterocycles. The Morgan fingerprint density at radius 3 is 3.00 bits per heavy atom. The van der Waals surface area contributed by atoms with Crippen LogP contribution in [0.1, 0.15) is 19.8 Å². The van der Waals surface area contributed by atoms with Gasteiger partial charge in [-0.3, -0.25) is 4.79 Å². The second-order valence-corrected chi connectivity index (χ2v) is 2.69. The number of terminal acetylenes is 1. The Labute approximate surface area is 60.6 Å². The Morgan fingerprint density at radius 1 is 1.80 bits per heavy atom. The largest absolute Gasteiger partial charge is 0.449 e.